The van der Waals surface area contributed by atoms with Crippen LogP contribution in [0.5, 0.6) is 0 Å². The molecule has 0 amide bonds. The first-order valence-corrected chi connectivity index (χ1v) is 5.62. The van der Waals surface area contributed by atoms with E-state index in [1.165, 1.54) is 12.0 Å². The van der Waals surface area contributed by atoms with Gasteiger partial charge >= 0.3 is 0 Å². The Morgan fingerprint density at radius 3 is 2.80 bits per heavy atom. The molecule has 1 aromatic rings. The van der Waals surface area contributed by atoms with Gasteiger partial charge in [-0.15, -0.1) is 6.42 Å². The Morgan fingerprint density at radius 2 is 2.20 bits per heavy atom. The van der Waals surface area contributed by atoms with E-state index in [1.807, 2.05) is 0 Å². The highest BCUT2D eigenvalue weighted by atomic mass is 15.0. The van der Waals surface area contributed by atoms with Crippen LogP contribution in [0.25, 0.3) is 0 Å². The van der Waals surface area contributed by atoms with Gasteiger partial charge in [-0.25, -0.2) is 0 Å². The first-order chi connectivity index (χ1) is 7.35. The van der Waals surface area contributed by atoms with E-state index in [0.29, 0.717) is 12.0 Å². The van der Waals surface area contributed by atoms with Gasteiger partial charge in [-0.2, -0.15) is 0 Å². The number of nitrogens with one attached hydrogen (secondary N) is 1. The summed E-state index contributed by atoms with van der Waals surface area (Å²) in [6.07, 6.45) is 7.66. The van der Waals surface area contributed by atoms with Crippen molar-refractivity contribution in [1.29, 1.82) is 0 Å². The fourth-order valence-electron chi connectivity index (χ4n) is 1.99. The van der Waals surface area contributed by atoms with E-state index in [9.17, 15) is 0 Å². The molecule has 0 spiro atoms. The summed E-state index contributed by atoms with van der Waals surface area (Å²) in [5.74, 6) is 3.46. The Kier molecular flexibility index (Phi) is 3.08. The highest BCUT2D eigenvalue weighted by Crippen LogP contribution is 2.40. The van der Waals surface area contributed by atoms with E-state index in [2.05, 4.69) is 48.5 Å². The zero-order chi connectivity index (χ0) is 10.7. The fourth-order valence-corrected chi connectivity index (χ4v) is 1.99. The van der Waals surface area contributed by atoms with E-state index in [1.54, 1.807) is 0 Å². The monoisotopic (exact) mass is 199 g/mol. The Bertz CT molecular complexity index is 349. The van der Waals surface area contributed by atoms with Gasteiger partial charge in [0.15, 0.2) is 0 Å². The van der Waals surface area contributed by atoms with Gasteiger partial charge < -0.3 is 5.32 Å². The Labute approximate surface area is 91.9 Å². The summed E-state index contributed by atoms with van der Waals surface area (Å²) in [6, 6.07) is 11.5. The summed E-state index contributed by atoms with van der Waals surface area (Å²) in [5, 5.41) is 3.50. The number of terminal acetylenes is 1. The number of benzene rings is 1. The van der Waals surface area contributed by atoms with Gasteiger partial charge in [0, 0.05) is 12.0 Å². The standard InChI is InChI=1S/C14H17N/c1-3-12(4-2)15-14-10-13(14)11-8-6-5-7-9-11/h1,5-9,12-15H,4,10H2,2H3. The second-order valence-electron chi connectivity index (χ2n) is 4.15. The summed E-state index contributed by atoms with van der Waals surface area (Å²) >= 11 is 0. The lowest BCUT2D eigenvalue weighted by atomic mass is 10.1. The molecule has 0 aliphatic heterocycles. The van der Waals surface area contributed by atoms with Crippen LogP contribution in [0.4, 0.5) is 0 Å². The third kappa shape index (κ3) is 2.40. The van der Waals surface area contributed by atoms with Crippen LogP contribution < -0.4 is 5.32 Å². The molecule has 1 aliphatic rings. The number of hydrogen-bond acceptors (Lipinski definition) is 1. The Morgan fingerprint density at radius 1 is 1.47 bits per heavy atom. The van der Waals surface area contributed by atoms with Crippen molar-refractivity contribution in [3.05, 3.63) is 35.9 Å². The normalized spacial score (nSPS) is 25.6. The predicted molar refractivity (Wildman–Crippen MR) is 63.6 cm³/mol. The van der Waals surface area contributed by atoms with Crippen LogP contribution in [0.2, 0.25) is 0 Å². The van der Waals surface area contributed by atoms with Gasteiger partial charge in [0.2, 0.25) is 0 Å². The van der Waals surface area contributed by atoms with Crippen LogP contribution in [0.1, 0.15) is 31.2 Å². The Hall–Kier alpha value is -1.26. The maximum Gasteiger partial charge on any atom is 0.0686 e. The van der Waals surface area contributed by atoms with Gasteiger partial charge in [0.1, 0.15) is 0 Å². The zero-order valence-electron chi connectivity index (χ0n) is 9.11. The molecule has 0 radical (unpaired) electrons. The maximum atomic E-state index is 5.43. The highest BCUT2D eigenvalue weighted by molar-refractivity contribution is 5.28. The molecule has 78 valence electrons. The van der Waals surface area contributed by atoms with Gasteiger partial charge in [0.05, 0.1) is 6.04 Å². The van der Waals surface area contributed by atoms with Crippen molar-refractivity contribution in [1.82, 2.24) is 5.32 Å². The molecule has 1 fully saturated rings. The molecule has 1 N–H and O–H groups in total. The van der Waals surface area contributed by atoms with Crippen LogP contribution in [0, 0.1) is 12.3 Å². The maximum absolute atomic E-state index is 5.43. The summed E-state index contributed by atoms with van der Waals surface area (Å²) in [6.45, 7) is 2.12. The third-order valence-electron chi connectivity index (χ3n) is 3.04. The van der Waals surface area contributed by atoms with Gasteiger partial charge in [0.25, 0.3) is 0 Å². The van der Waals surface area contributed by atoms with Crippen molar-refractivity contribution >= 4 is 0 Å². The van der Waals surface area contributed by atoms with Crippen LogP contribution in [-0.2, 0) is 0 Å². The molecule has 2 rings (SSSR count). The molecular formula is C14H17N. The molecular weight excluding hydrogens is 182 g/mol. The number of hydrogen-bond donors (Lipinski definition) is 1. The summed E-state index contributed by atoms with van der Waals surface area (Å²) in [4.78, 5) is 0. The van der Waals surface area contributed by atoms with Gasteiger partial charge in [-0.3, -0.25) is 0 Å². The van der Waals surface area contributed by atoms with E-state index in [4.69, 9.17) is 6.42 Å². The number of rotatable bonds is 4. The first kappa shape index (κ1) is 10.3. The minimum Gasteiger partial charge on any atom is -0.300 e. The third-order valence-corrected chi connectivity index (χ3v) is 3.04. The van der Waals surface area contributed by atoms with Crippen molar-refractivity contribution in [3.8, 4) is 12.3 Å². The molecule has 0 bridgehead atoms. The molecule has 15 heavy (non-hydrogen) atoms. The SMILES string of the molecule is C#CC(CC)NC1CC1c1ccccc1. The van der Waals surface area contributed by atoms with E-state index < -0.39 is 0 Å². The molecule has 3 unspecified atom stereocenters. The van der Waals surface area contributed by atoms with Crippen molar-refractivity contribution < 1.29 is 0 Å². The van der Waals surface area contributed by atoms with Gasteiger partial charge in [-0.05, 0) is 18.4 Å². The van der Waals surface area contributed by atoms with Crippen LogP contribution in [-0.4, -0.2) is 12.1 Å². The first-order valence-electron chi connectivity index (χ1n) is 5.62. The minimum atomic E-state index is 0.240. The highest BCUT2D eigenvalue weighted by Gasteiger charge is 2.38. The molecule has 0 heterocycles. The molecule has 0 saturated heterocycles. The molecule has 1 nitrogen and oxygen atoms in total. The van der Waals surface area contributed by atoms with Crippen molar-refractivity contribution in [3.63, 3.8) is 0 Å². The van der Waals surface area contributed by atoms with E-state index in [0.717, 1.165) is 6.42 Å². The molecule has 0 aromatic heterocycles. The predicted octanol–water partition coefficient (Wildman–Crippen LogP) is 2.54. The summed E-state index contributed by atoms with van der Waals surface area (Å²) < 4.78 is 0. The molecule has 1 saturated carbocycles. The lowest BCUT2D eigenvalue weighted by molar-refractivity contribution is 0.580. The van der Waals surface area contributed by atoms with E-state index >= 15 is 0 Å². The second-order valence-corrected chi connectivity index (χ2v) is 4.15. The average Bonchev–Trinajstić information content (AvgIpc) is 3.06. The van der Waals surface area contributed by atoms with E-state index in [-0.39, 0.29) is 6.04 Å². The quantitative estimate of drug-likeness (QED) is 0.735. The van der Waals surface area contributed by atoms with Gasteiger partial charge in [-0.1, -0.05) is 43.2 Å². The second kappa shape index (κ2) is 4.51. The topological polar surface area (TPSA) is 12.0 Å². The fraction of sp³-hybridized carbons (Fsp3) is 0.429. The lowest BCUT2D eigenvalue weighted by Crippen LogP contribution is -2.29. The van der Waals surface area contributed by atoms with Crippen LogP contribution >= 0.6 is 0 Å². The van der Waals surface area contributed by atoms with Crippen molar-refractivity contribution in [2.24, 2.45) is 0 Å². The molecule has 3 atom stereocenters. The minimum absolute atomic E-state index is 0.240. The van der Waals surface area contributed by atoms with Crippen LogP contribution in [0.3, 0.4) is 0 Å². The van der Waals surface area contributed by atoms with Crippen LogP contribution in [0.15, 0.2) is 30.3 Å². The zero-order valence-corrected chi connectivity index (χ0v) is 9.11. The molecule has 1 aromatic carbocycles. The van der Waals surface area contributed by atoms with Crippen molar-refractivity contribution in [2.45, 2.75) is 37.8 Å². The summed E-state index contributed by atoms with van der Waals surface area (Å²) in [5.41, 5.74) is 1.43. The smallest absolute Gasteiger partial charge is 0.0686 e. The lowest BCUT2D eigenvalue weighted by Gasteiger charge is -2.09. The van der Waals surface area contributed by atoms with Crippen molar-refractivity contribution in [2.75, 3.05) is 0 Å². The largest absolute Gasteiger partial charge is 0.300 e. The molecule has 1 heteroatoms. The average molecular weight is 199 g/mol. The Balaban J connectivity index is 1.89. The molecule has 1 aliphatic carbocycles. The summed E-state index contributed by atoms with van der Waals surface area (Å²) in [7, 11) is 0.